The maximum Gasteiger partial charge on any atom is 0.186 e. The van der Waals surface area contributed by atoms with Gasteiger partial charge in [-0.05, 0) is 13.3 Å². The summed E-state index contributed by atoms with van der Waals surface area (Å²) in [6.45, 7) is 2.54. The zero-order valence-corrected chi connectivity index (χ0v) is 7.53. The molecule has 0 bridgehead atoms. The highest BCUT2D eigenvalue weighted by atomic mass is 16.8. The molecule has 1 aliphatic heterocycles. The zero-order valence-electron chi connectivity index (χ0n) is 7.53. The Kier molecular flexibility index (Phi) is 3.94. The lowest BCUT2D eigenvalue weighted by Crippen LogP contribution is -2.40. The van der Waals surface area contributed by atoms with E-state index in [0.29, 0.717) is 13.0 Å². The van der Waals surface area contributed by atoms with E-state index in [-0.39, 0.29) is 6.29 Å². The summed E-state index contributed by atoms with van der Waals surface area (Å²) in [6.07, 6.45) is 0.128. The zero-order chi connectivity index (χ0) is 8.97. The van der Waals surface area contributed by atoms with Crippen LogP contribution in [0.4, 0.5) is 0 Å². The Morgan fingerprint density at radius 1 is 1.50 bits per heavy atom. The number of aliphatic hydroxyl groups excluding tert-OH is 1. The smallest absolute Gasteiger partial charge is 0.186 e. The van der Waals surface area contributed by atoms with E-state index in [1.807, 2.05) is 6.92 Å². The van der Waals surface area contributed by atoms with Crippen LogP contribution in [0, 0.1) is 0 Å². The van der Waals surface area contributed by atoms with Gasteiger partial charge in [-0.3, -0.25) is 0 Å². The van der Waals surface area contributed by atoms with E-state index in [1.54, 1.807) is 0 Å². The quantitative estimate of drug-likeness (QED) is 0.680. The Balaban J connectivity index is 2.33. The SMILES string of the molecule is CCOC1CC[C@H](O)[C@H](OC)O1. The van der Waals surface area contributed by atoms with E-state index in [4.69, 9.17) is 14.2 Å². The monoisotopic (exact) mass is 176 g/mol. The van der Waals surface area contributed by atoms with Crippen molar-refractivity contribution in [3.8, 4) is 0 Å². The van der Waals surface area contributed by atoms with Crippen LogP contribution in [-0.4, -0.2) is 37.5 Å². The summed E-state index contributed by atoms with van der Waals surface area (Å²) in [7, 11) is 1.52. The molecule has 4 nitrogen and oxygen atoms in total. The van der Waals surface area contributed by atoms with Crippen LogP contribution in [0.25, 0.3) is 0 Å². The third kappa shape index (κ3) is 2.42. The van der Waals surface area contributed by atoms with Gasteiger partial charge in [0.25, 0.3) is 0 Å². The molecule has 0 aromatic rings. The van der Waals surface area contributed by atoms with Gasteiger partial charge in [0.2, 0.25) is 0 Å². The summed E-state index contributed by atoms with van der Waals surface area (Å²) in [5.74, 6) is 0. The molecule has 0 radical (unpaired) electrons. The molecular formula is C8H16O4. The van der Waals surface area contributed by atoms with Crippen LogP contribution in [0.15, 0.2) is 0 Å². The highest BCUT2D eigenvalue weighted by Gasteiger charge is 2.29. The second kappa shape index (κ2) is 4.77. The van der Waals surface area contributed by atoms with Crippen LogP contribution in [0.1, 0.15) is 19.8 Å². The minimum Gasteiger partial charge on any atom is -0.388 e. The first-order chi connectivity index (χ1) is 5.77. The Hall–Kier alpha value is -0.160. The minimum absolute atomic E-state index is 0.219. The fourth-order valence-electron chi connectivity index (χ4n) is 1.27. The standard InChI is InChI=1S/C8H16O4/c1-3-11-7-5-4-6(9)8(10-2)12-7/h6-9H,3-5H2,1-2H3/t6-,7?,8+/m0/s1. The fourth-order valence-corrected chi connectivity index (χ4v) is 1.27. The molecule has 1 aliphatic rings. The van der Waals surface area contributed by atoms with E-state index in [0.717, 1.165) is 6.42 Å². The number of aliphatic hydroxyl groups is 1. The van der Waals surface area contributed by atoms with Gasteiger partial charge < -0.3 is 19.3 Å². The molecule has 1 unspecified atom stereocenters. The molecule has 1 heterocycles. The maximum atomic E-state index is 9.35. The normalized spacial score (nSPS) is 36.8. The first kappa shape index (κ1) is 9.92. The molecule has 3 atom stereocenters. The van der Waals surface area contributed by atoms with Crippen molar-refractivity contribution >= 4 is 0 Å². The van der Waals surface area contributed by atoms with Gasteiger partial charge in [-0.2, -0.15) is 0 Å². The summed E-state index contributed by atoms with van der Waals surface area (Å²) in [5.41, 5.74) is 0. The highest BCUT2D eigenvalue weighted by molar-refractivity contribution is 4.68. The molecule has 4 heteroatoms. The van der Waals surface area contributed by atoms with E-state index < -0.39 is 12.4 Å². The van der Waals surface area contributed by atoms with Crippen LogP contribution in [0.3, 0.4) is 0 Å². The van der Waals surface area contributed by atoms with Gasteiger partial charge in [0, 0.05) is 20.1 Å². The predicted molar refractivity (Wildman–Crippen MR) is 42.5 cm³/mol. The molecule has 1 N–H and O–H groups in total. The van der Waals surface area contributed by atoms with Gasteiger partial charge >= 0.3 is 0 Å². The molecule has 0 aromatic carbocycles. The van der Waals surface area contributed by atoms with Crippen molar-refractivity contribution in [1.29, 1.82) is 0 Å². The van der Waals surface area contributed by atoms with Crippen molar-refractivity contribution in [2.24, 2.45) is 0 Å². The first-order valence-corrected chi connectivity index (χ1v) is 4.25. The number of rotatable bonds is 3. The average molecular weight is 176 g/mol. The molecule has 0 spiro atoms. The van der Waals surface area contributed by atoms with Gasteiger partial charge in [0.05, 0.1) is 0 Å². The van der Waals surface area contributed by atoms with Crippen LogP contribution in [-0.2, 0) is 14.2 Å². The Bertz CT molecular complexity index is 128. The van der Waals surface area contributed by atoms with E-state index in [9.17, 15) is 5.11 Å². The second-order valence-electron chi connectivity index (χ2n) is 2.77. The number of methoxy groups -OCH3 is 1. The summed E-state index contributed by atoms with van der Waals surface area (Å²) < 4.78 is 15.5. The molecule has 1 saturated heterocycles. The lowest BCUT2D eigenvalue weighted by atomic mass is 10.1. The Morgan fingerprint density at radius 3 is 2.83 bits per heavy atom. The lowest BCUT2D eigenvalue weighted by molar-refractivity contribution is -0.289. The van der Waals surface area contributed by atoms with Crippen LogP contribution in [0.5, 0.6) is 0 Å². The number of hydrogen-bond donors (Lipinski definition) is 1. The number of hydrogen-bond acceptors (Lipinski definition) is 4. The van der Waals surface area contributed by atoms with E-state index >= 15 is 0 Å². The van der Waals surface area contributed by atoms with E-state index in [1.165, 1.54) is 7.11 Å². The van der Waals surface area contributed by atoms with Crippen molar-refractivity contribution in [2.45, 2.75) is 38.4 Å². The molecule has 0 amide bonds. The van der Waals surface area contributed by atoms with Gasteiger partial charge in [0.1, 0.15) is 6.10 Å². The van der Waals surface area contributed by atoms with Gasteiger partial charge in [-0.25, -0.2) is 0 Å². The average Bonchev–Trinajstić information content (AvgIpc) is 2.09. The summed E-state index contributed by atoms with van der Waals surface area (Å²) in [6, 6.07) is 0. The summed E-state index contributed by atoms with van der Waals surface area (Å²) >= 11 is 0. The molecular weight excluding hydrogens is 160 g/mol. The topological polar surface area (TPSA) is 47.9 Å². The predicted octanol–water partition coefficient (Wildman–Crippen LogP) is 0.493. The molecule has 12 heavy (non-hydrogen) atoms. The van der Waals surface area contributed by atoms with E-state index in [2.05, 4.69) is 0 Å². The van der Waals surface area contributed by atoms with Crippen LogP contribution < -0.4 is 0 Å². The molecule has 1 rings (SSSR count). The van der Waals surface area contributed by atoms with Gasteiger partial charge in [0.15, 0.2) is 12.6 Å². The van der Waals surface area contributed by atoms with Crippen molar-refractivity contribution in [1.82, 2.24) is 0 Å². The highest BCUT2D eigenvalue weighted by Crippen LogP contribution is 2.20. The second-order valence-corrected chi connectivity index (χ2v) is 2.77. The molecule has 0 aromatic heterocycles. The van der Waals surface area contributed by atoms with Crippen molar-refractivity contribution in [2.75, 3.05) is 13.7 Å². The Labute approximate surface area is 72.4 Å². The maximum absolute atomic E-state index is 9.35. The number of ether oxygens (including phenoxy) is 3. The lowest BCUT2D eigenvalue weighted by Gasteiger charge is -2.32. The summed E-state index contributed by atoms with van der Waals surface area (Å²) in [5, 5.41) is 9.35. The Morgan fingerprint density at radius 2 is 2.25 bits per heavy atom. The van der Waals surface area contributed by atoms with Crippen molar-refractivity contribution < 1.29 is 19.3 Å². The van der Waals surface area contributed by atoms with Gasteiger partial charge in [-0.1, -0.05) is 0 Å². The fraction of sp³-hybridized carbons (Fsp3) is 1.00. The molecule has 0 aliphatic carbocycles. The third-order valence-electron chi connectivity index (χ3n) is 1.88. The first-order valence-electron chi connectivity index (χ1n) is 4.25. The summed E-state index contributed by atoms with van der Waals surface area (Å²) in [4.78, 5) is 0. The van der Waals surface area contributed by atoms with Gasteiger partial charge in [-0.15, -0.1) is 0 Å². The van der Waals surface area contributed by atoms with Crippen LogP contribution >= 0.6 is 0 Å². The minimum atomic E-state index is -0.532. The third-order valence-corrected chi connectivity index (χ3v) is 1.88. The largest absolute Gasteiger partial charge is 0.388 e. The molecule has 72 valence electrons. The molecule has 1 fully saturated rings. The van der Waals surface area contributed by atoms with Crippen molar-refractivity contribution in [3.05, 3.63) is 0 Å². The molecule has 0 saturated carbocycles. The van der Waals surface area contributed by atoms with Crippen LogP contribution in [0.2, 0.25) is 0 Å². The van der Waals surface area contributed by atoms with Crippen molar-refractivity contribution in [3.63, 3.8) is 0 Å².